The average molecular weight is 693 g/mol. The fourth-order valence-corrected chi connectivity index (χ4v) is 13.7. The summed E-state index contributed by atoms with van der Waals surface area (Å²) in [6.07, 6.45) is 16.8. The highest BCUT2D eigenvalue weighted by Gasteiger charge is 2.54. The Morgan fingerprint density at radius 1 is 0.509 bits per heavy atom. The summed E-state index contributed by atoms with van der Waals surface area (Å²) in [5, 5.41) is 11.7. The molecule has 262 valence electrons. The van der Waals surface area contributed by atoms with Crippen LogP contribution in [-0.2, 0) is 10.8 Å². The second-order valence-electron chi connectivity index (χ2n) is 18.5. The van der Waals surface area contributed by atoms with Gasteiger partial charge in [-0.15, -0.1) is 0 Å². The highest BCUT2D eigenvalue weighted by atomic mass is 16.3. The number of para-hydroxylation sites is 1. The molecule has 14 rings (SSSR count). The third kappa shape index (κ3) is 4.76. The first-order chi connectivity index (χ1) is 26.0. The predicted octanol–water partition coefficient (Wildman–Crippen LogP) is 11.6. The van der Waals surface area contributed by atoms with Crippen molar-refractivity contribution in [2.45, 2.75) is 87.9 Å². The first-order valence-electron chi connectivity index (χ1n) is 20.3. The molecule has 0 spiro atoms. The van der Waals surface area contributed by atoms with Crippen LogP contribution >= 0.6 is 0 Å². The minimum absolute atomic E-state index is 0.287. The molecule has 0 unspecified atom stereocenters. The molecule has 8 aliphatic carbocycles. The van der Waals surface area contributed by atoms with Gasteiger partial charge in [-0.1, -0.05) is 48.5 Å². The number of hydrogen-bond acceptors (Lipinski definition) is 5. The van der Waals surface area contributed by atoms with Gasteiger partial charge in [-0.2, -0.15) is 5.26 Å². The topological polar surface area (TPSA) is 75.6 Å². The molecule has 0 saturated heterocycles. The molecular weight excluding hydrogens is 649 g/mol. The number of aromatic nitrogens is 3. The third-order valence-electron chi connectivity index (χ3n) is 15.0. The number of nitrogens with zero attached hydrogens (tertiary/aromatic N) is 4. The fraction of sp³-hybridized carbons (Fsp3) is 0.417. The van der Waals surface area contributed by atoms with Crippen LogP contribution in [0.25, 0.3) is 56.1 Å². The van der Waals surface area contributed by atoms with Gasteiger partial charge in [0.2, 0.25) is 0 Å². The summed E-state index contributed by atoms with van der Waals surface area (Å²) in [7, 11) is 0. The Bertz CT molecular complexity index is 2370. The highest BCUT2D eigenvalue weighted by Crippen LogP contribution is 2.64. The molecule has 2 heterocycles. The van der Waals surface area contributed by atoms with Crippen LogP contribution < -0.4 is 0 Å². The van der Waals surface area contributed by atoms with Crippen molar-refractivity contribution in [1.29, 1.82) is 5.26 Å². The second-order valence-corrected chi connectivity index (χ2v) is 18.5. The van der Waals surface area contributed by atoms with Gasteiger partial charge in [0.25, 0.3) is 0 Å². The minimum Gasteiger partial charge on any atom is -0.455 e. The molecule has 5 heteroatoms. The molecule has 8 bridgehead atoms. The van der Waals surface area contributed by atoms with Crippen LogP contribution in [-0.4, -0.2) is 15.0 Å². The van der Waals surface area contributed by atoms with Crippen LogP contribution in [0.1, 0.15) is 93.7 Å². The number of nitriles is 1. The summed E-state index contributed by atoms with van der Waals surface area (Å²) in [6, 6.07) is 32.4. The lowest BCUT2D eigenvalue weighted by Gasteiger charge is -2.58. The summed E-state index contributed by atoms with van der Waals surface area (Å²) < 4.78 is 6.20. The van der Waals surface area contributed by atoms with Crippen LogP contribution in [0.5, 0.6) is 0 Å². The zero-order chi connectivity index (χ0) is 34.9. The Kier molecular flexibility index (Phi) is 6.42. The maximum absolute atomic E-state index is 9.77. The average Bonchev–Trinajstić information content (AvgIpc) is 3.55. The molecular formula is C48H44N4O. The van der Waals surface area contributed by atoms with Crippen molar-refractivity contribution < 1.29 is 4.42 Å². The molecule has 6 aromatic rings. The lowest BCUT2D eigenvalue weighted by Crippen LogP contribution is -2.50. The van der Waals surface area contributed by atoms with E-state index in [2.05, 4.69) is 60.7 Å². The monoisotopic (exact) mass is 692 g/mol. The zero-order valence-electron chi connectivity index (χ0n) is 30.2. The molecule has 8 fully saturated rings. The van der Waals surface area contributed by atoms with Crippen LogP contribution in [0.15, 0.2) is 89.3 Å². The molecule has 0 atom stereocenters. The Morgan fingerprint density at radius 3 is 1.58 bits per heavy atom. The normalized spacial score (nSPS) is 32.1. The maximum atomic E-state index is 9.77. The predicted molar refractivity (Wildman–Crippen MR) is 208 cm³/mol. The molecule has 0 amide bonds. The van der Waals surface area contributed by atoms with Crippen molar-refractivity contribution in [1.82, 2.24) is 15.0 Å². The molecule has 8 saturated carbocycles. The van der Waals surface area contributed by atoms with E-state index in [9.17, 15) is 5.26 Å². The summed E-state index contributed by atoms with van der Waals surface area (Å²) in [4.78, 5) is 15.8. The van der Waals surface area contributed by atoms with Gasteiger partial charge >= 0.3 is 0 Å². The van der Waals surface area contributed by atoms with Gasteiger partial charge < -0.3 is 4.42 Å². The number of fused-ring (bicyclic) bond motifs is 3. The fourth-order valence-electron chi connectivity index (χ4n) is 13.7. The Hall–Kier alpha value is -4.82. The summed E-state index contributed by atoms with van der Waals surface area (Å²) in [5.41, 5.74) is 8.75. The van der Waals surface area contributed by atoms with Crippen molar-refractivity contribution in [2.24, 2.45) is 35.5 Å². The summed E-state index contributed by atoms with van der Waals surface area (Å²) >= 11 is 0. The maximum Gasteiger partial charge on any atom is 0.164 e. The van der Waals surface area contributed by atoms with Crippen LogP contribution in [0, 0.1) is 46.8 Å². The minimum atomic E-state index is 0.287. The summed E-state index contributed by atoms with van der Waals surface area (Å²) in [5.74, 6) is 7.47. The number of benzene rings is 4. The molecule has 5 nitrogen and oxygen atoms in total. The largest absolute Gasteiger partial charge is 0.455 e. The molecule has 2 aromatic heterocycles. The molecule has 4 aromatic carbocycles. The van der Waals surface area contributed by atoms with Crippen molar-refractivity contribution in [2.75, 3.05) is 0 Å². The Balaban J connectivity index is 1.06. The number of furan rings is 1. The number of rotatable bonds is 5. The molecule has 53 heavy (non-hydrogen) atoms. The lowest BCUT2D eigenvalue weighted by molar-refractivity contribution is -0.00832. The van der Waals surface area contributed by atoms with Gasteiger partial charge in [-0.3, -0.25) is 0 Å². The van der Waals surface area contributed by atoms with Gasteiger partial charge in [0.15, 0.2) is 23.1 Å². The summed E-state index contributed by atoms with van der Waals surface area (Å²) in [6.45, 7) is 0. The zero-order valence-corrected chi connectivity index (χ0v) is 30.2. The van der Waals surface area contributed by atoms with E-state index in [0.29, 0.717) is 22.8 Å². The standard InChI is InChI=1S/C48H44N4O/c49-27-36-7-4-8-40-41-19-35(9-10-42(41)53-43(36)40)45-50-44(34-5-2-1-3-6-34)51-46(52-45)37-17-38(47-21-28-11-29(22-47)13-30(12-28)23-47)20-39(18-37)48-24-31-14-32(25-48)16-33(15-31)26-48/h1-10,17-20,28-33H,11-16,21-26H2/t28-,29-,30-,31-,32+,33-,47?,48?. The van der Waals surface area contributed by atoms with Crippen molar-refractivity contribution in [3.63, 3.8) is 0 Å². The Morgan fingerprint density at radius 2 is 1.04 bits per heavy atom. The van der Waals surface area contributed by atoms with Crippen molar-refractivity contribution >= 4 is 21.9 Å². The van der Waals surface area contributed by atoms with E-state index in [4.69, 9.17) is 19.4 Å². The van der Waals surface area contributed by atoms with E-state index < -0.39 is 0 Å². The quantitative estimate of drug-likeness (QED) is 0.180. The highest BCUT2D eigenvalue weighted by molar-refractivity contribution is 6.07. The van der Waals surface area contributed by atoms with E-state index >= 15 is 0 Å². The van der Waals surface area contributed by atoms with Crippen LogP contribution in [0.4, 0.5) is 0 Å². The van der Waals surface area contributed by atoms with Gasteiger partial charge in [0, 0.05) is 27.5 Å². The lowest BCUT2D eigenvalue weighted by atomic mass is 9.46. The molecule has 0 N–H and O–H groups in total. The Labute approximate surface area is 310 Å². The first-order valence-corrected chi connectivity index (χ1v) is 20.3. The van der Waals surface area contributed by atoms with Crippen molar-refractivity contribution in [3.05, 3.63) is 102 Å². The van der Waals surface area contributed by atoms with Crippen LogP contribution in [0.3, 0.4) is 0 Å². The van der Waals surface area contributed by atoms with E-state index in [1.165, 1.54) is 82.6 Å². The SMILES string of the molecule is N#Cc1cccc2c1oc1ccc(-c3nc(-c4ccccc4)nc(-c4cc(C56C[C@H]7C[C@@H](C5)C[C@@H](C6)C7)cc(C56C[C@H]7C[C@H](C5)C[C@@H](C6)C7)c4)n3)cc12. The first kappa shape index (κ1) is 30.6. The number of hydrogen-bond donors (Lipinski definition) is 0. The van der Waals surface area contributed by atoms with Gasteiger partial charge in [0.05, 0.1) is 5.56 Å². The smallest absolute Gasteiger partial charge is 0.164 e. The van der Waals surface area contributed by atoms with Crippen LogP contribution in [0.2, 0.25) is 0 Å². The van der Waals surface area contributed by atoms with Gasteiger partial charge in [-0.25, -0.2) is 15.0 Å². The second kappa shape index (κ2) is 11.1. The van der Waals surface area contributed by atoms with E-state index in [1.807, 2.05) is 30.3 Å². The van der Waals surface area contributed by atoms with Gasteiger partial charge in [0.1, 0.15) is 11.7 Å². The molecule has 0 radical (unpaired) electrons. The van der Waals surface area contributed by atoms with E-state index in [-0.39, 0.29) is 10.8 Å². The molecule has 8 aliphatic rings. The molecule has 0 aliphatic heterocycles. The van der Waals surface area contributed by atoms with E-state index in [1.54, 1.807) is 11.1 Å². The van der Waals surface area contributed by atoms with Crippen molar-refractivity contribution in [3.8, 4) is 40.2 Å². The third-order valence-corrected chi connectivity index (χ3v) is 15.0. The van der Waals surface area contributed by atoms with Gasteiger partial charge in [-0.05, 0) is 171 Å². The van der Waals surface area contributed by atoms with E-state index in [0.717, 1.165) is 68.8 Å².